The Morgan fingerprint density at radius 3 is 2.71 bits per heavy atom. The second-order valence-electron chi connectivity index (χ2n) is 7.53. The molecule has 0 radical (unpaired) electrons. The predicted octanol–water partition coefficient (Wildman–Crippen LogP) is 3.19. The van der Waals surface area contributed by atoms with E-state index in [1.165, 1.54) is 0 Å². The van der Waals surface area contributed by atoms with Gasteiger partial charge in [0.1, 0.15) is 11.3 Å². The van der Waals surface area contributed by atoms with Gasteiger partial charge in [-0.15, -0.1) is 0 Å². The van der Waals surface area contributed by atoms with E-state index in [2.05, 4.69) is 19.2 Å². The summed E-state index contributed by atoms with van der Waals surface area (Å²) in [6, 6.07) is 7.42. The van der Waals surface area contributed by atoms with Gasteiger partial charge in [-0.3, -0.25) is 4.79 Å². The van der Waals surface area contributed by atoms with Crippen LogP contribution in [0.2, 0.25) is 0 Å². The molecule has 0 saturated heterocycles. The highest BCUT2D eigenvalue weighted by atomic mass is 16.5. The number of nitrogens with two attached hydrogens (primary N) is 1. The zero-order valence-corrected chi connectivity index (χ0v) is 15.4. The monoisotopic (exact) mass is 334 g/mol. The lowest BCUT2D eigenvalue weighted by molar-refractivity contribution is -0.166. The first kappa shape index (κ1) is 18.7. The number of anilines is 1. The molecule has 0 spiro atoms. The van der Waals surface area contributed by atoms with Crippen LogP contribution < -0.4 is 15.8 Å². The highest BCUT2D eigenvalue weighted by Gasteiger charge is 2.62. The van der Waals surface area contributed by atoms with Gasteiger partial charge in [-0.05, 0) is 25.0 Å². The maximum atomic E-state index is 12.7. The Morgan fingerprint density at radius 2 is 2.12 bits per heavy atom. The third-order valence-corrected chi connectivity index (χ3v) is 4.91. The molecule has 0 aliphatic heterocycles. The number of ether oxygens (including phenoxy) is 2. The molecule has 1 aliphatic carbocycles. The molecular formula is C19H30N2O3. The SMILES string of the molecule is CCOC1CC(N)(C(=O)Nc2cccc(OCC(C)C)c2)C1(C)C. The maximum absolute atomic E-state index is 12.7. The lowest BCUT2D eigenvalue weighted by Gasteiger charge is -2.57. The lowest BCUT2D eigenvalue weighted by Crippen LogP contribution is -2.74. The molecule has 0 heterocycles. The molecule has 0 aromatic heterocycles. The molecule has 1 aromatic carbocycles. The van der Waals surface area contributed by atoms with Crippen molar-refractivity contribution in [2.24, 2.45) is 17.1 Å². The first-order valence-electron chi connectivity index (χ1n) is 8.65. The topological polar surface area (TPSA) is 73.6 Å². The van der Waals surface area contributed by atoms with Crippen LogP contribution >= 0.6 is 0 Å². The minimum atomic E-state index is -0.929. The number of benzene rings is 1. The maximum Gasteiger partial charge on any atom is 0.245 e. The van der Waals surface area contributed by atoms with Crippen LogP contribution in [-0.2, 0) is 9.53 Å². The number of nitrogens with one attached hydrogen (secondary N) is 1. The molecule has 134 valence electrons. The third kappa shape index (κ3) is 3.57. The summed E-state index contributed by atoms with van der Waals surface area (Å²) in [5, 5.41) is 2.93. The Kier molecular flexibility index (Phi) is 5.56. The minimum absolute atomic E-state index is 0.0129. The molecule has 24 heavy (non-hydrogen) atoms. The molecule has 5 heteroatoms. The van der Waals surface area contributed by atoms with Gasteiger partial charge in [0.05, 0.1) is 12.7 Å². The van der Waals surface area contributed by atoms with Gasteiger partial charge in [0.25, 0.3) is 0 Å². The second kappa shape index (κ2) is 7.11. The van der Waals surface area contributed by atoms with E-state index >= 15 is 0 Å². The Bertz CT molecular complexity index is 586. The van der Waals surface area contributed by atoms with E-state index in [1.54, 1.807) is 0 Å². The minimum Gasteiger partial charge on any atom is -0.493 e. The standard InChI is InChI=1S/C19H30N2O3/c1-6-23-16-11-19(20,18(16,4)5)17(22)21-14-8-7-9-15(10-14)24-12-13(2)3/h7-10,13,16H,6,11-12,20H2,1-5H3,(H,21,22). The molecule has 1 aliphatic rings. The zero-order valence-electron chi connectivity index (χ0n) is 15.4. The van der Waals surface area contributed by atoms with E-state index in [-0.39, 0.29) is 12.0 Å². The molecule has 0 bridgehead atoms. The van der Waals surface area contributed by atoms with Crippen molar-refractivity contribution < 1.29 is 14.3 Å². The van der Waals surface area contributed by atoms with Gasteiger partial charge >= 0.3 is 0 Å². The van der Waals surface area contributed by atoms with Crippen molar-refractivity contribution in [3.05, 3.63) is 24.3 Å². The van der Waals surface area contributed by atoms with Gasteiger partial charge < -0.3 is 20.5 Å². The van der Waals surface area contributed by atoms with Crippen LogP contribution in [0.1, 0.15) is 41.0 Å². The summed E-state index contributed by atoms with van der Waals surface area (Å²) in [6.45, 7) is 11.4. The first-order chi connectivity index (χ1) is 11.2. The highest BCUT2D eigenvalue weighted by molar-refractivity contribution is 5.99. The first-order valence-corrected chi connectivity index (χ1v) is 8.65. The number of rotatable bonds is 7. The summed E-state index contributed by atoms with van der Waals surface area (Å²) in [7, 11) is 0. The van der Waals surface area contributed by atoms with Crippen LogP contribution in [-0.4, -0.2) is 30.8 Å². The predicted molar refractivity (Wildman–Crippen MR) is 96.1 cm³/mol. The summed E-state index contributed by atoms with van der Waals surface area (Å²) in [5.74, 6) is 1.01. The quantitative estimate of drug-likeness (QED) is 0.803. The Morgan fingerprint density at radius 1 is 1.42 bits per heavy atom. The molecule has 1 aromatic rings. The van der Waals surface area contributed by atoms with Crippen molar-refractivity contribution >= 4 is 11.6 Å². The molecule has 2 atom stereocenters. The fourth-order valence-corrected chi connectivity index (χ4v) is 2.99. The van der Waals surface area contributed by atoms with Crippen molar-refractivity contribution in [2.45, 2.75) is 52.7 Å². The summed E-state index contributed by atoms with van der Waals surface area (Å²) >= 11 is 0. The second-order valence-corrected chi connectivity index (χ2v) is 7.53. The molecule has 1 saturated carbocycles. The summed E-state index contributed by atoms with van der Waals surface area (Å²) in [4.78, 5) is 12.7. The van der Waals surface area contributed by atoms with E-state index < -0.39 is 11.0 Å². The Hall–Kier alpha value is -1.59. The summed E-state index contributed by atoms with van der Waals surface area (Å²) < 4.78 is 11.4. The van der Waals surface area contributed by atoms with Crippen LogP contribution in [0.5, 0.6) is 5.75 Å². The van der Waals surface area contributed by atoms with Gasteiger partial charge in [-0.25, -0.2) is 0 Å². The average Bonchev–Trinajstić information content (AvgIpc) is 2.52. The smallest absolute Gasteiger partial charge is 0.245 e. The molecule has 2 rings (SSSR count). The zero-order chi connectivity index (χ0) is 18.0. The normalized spacial score (nSPS) is 25.2. The van der Waals surface area contributed by atoms with Crippen molar-refractivity contribution in [2.75, 3.05) is 18.5 Å². The molecule has 1 fully saturated rings. The van der Waals surface area contributed by atoms with Gasteiger partial charge in [-0.1, -0.05) is 33.8 Å². The Balaban J connectivity index is 2.03. The summed E-state index contributed by atoms with van der Waals surface area (Å²) in [5.41, 5.74) is 5.77. The molecule has 5 nitrogen and oxygen atoms in total. The molecular weight excluding hydrogens is 304 g/mol. The molecule has 1 amide bonds. The van der Waals surface area contributed by atoms with Crippen molar-refractivity contribution in [1.29, 1.82) is 0 Å². The highest BCUT2D eigenvalue weighted by Crippen LogP contribution is 2.50. The van der Waals surface area contributed by atoms with E-state index in [0.717, 1.165) is 5.75 Å². The van der Waals surface area contributed by atoms with Crippen LogP contribution in [0.3, 0.4) is 0 Å². The fraction of sp³-hybridized carbons (Fsp3) is 0.632. The average molecular weight is 334 g/mol. The van der Waals surface area contributed by atoms with Crippen molar-refractivity contribution in [3.63, 3.8) is 0 Å². The number of hydrogen-bond acceptors (Lipinski definition) is 4. The van der Waals surface area contributed by atoms with E-state index in [1.807, 2.05) is 45.0 Å². The van der Waals surface area contributed by atoms with Gasteiger partial charge in [0.2, 0.25) is 5.91 Å². The van der Waals surface area contributed by atoms with E-state index in [4.69, 9.17) is 15.2 Å². The van der Waals surface area contributed by atoms with Crippen LogP contribution in [0.25, 0.3) is 0 Å². The van der Waals surface area contributed by atoms with Crippen LogP contribution in [0, 0.1) is 11.3 Å². The van der Waals surface area contributed by atoms with Crippen molar-refractivity contribution in [3.8, 4) is 5.75 Å². The largest absolute Gasteiger partial charge is 0.493 e. The molecule has 3 N–H and O–H groups in total. The van der Waals surface area contributed by atoms with Crippen LogP contribution in [0.4, 0.5) is 5.69 Å². The van der Waals surface area contributed by atoms with Gasteiger partial charge in [0.15, 0.2) is 0 Å². The number of carbonyl (C=O) groups excluding carboxylic acids is 1. The van der Waals surface area contributed by atoms with Crippen LogP contribution in [0.15, 0.2) is 24.3 Å². The lowest BCUT2D eigenvalue weighted by atomic mass is 9.54. The third-order valence-electron chi connectivity index (χ3n) is 4.91. The van der Waals surface area contributed by atoms with E-state index in [9.17, 15) is 4.79 Å². The fourth-order valence-electron chi connectivity index (χ4n) is 2.99. The Labute approximate surface area is 144 Å². The van der Waals surface area contributed by atoms with Gasteiger partial charge in [0, 0.05) is 30.2 Å². The number of carbonyl (C=O) groups is 1. The number of hydrogen-bond donors (Lipinski definition) is 2. The molecule has 2 unspecified atom stereocenters. The summed E-state index contributed by atoms with van der Waals surface area (Å²) in [6.07, 6.45) is 0.544. The number of amides is 1. The van der Waals surface area contributed by atoms with Crippen molar-refractivity contribution in [1.82, 2.24) is 0 Å². The van der Waals surface area contributed by atoms with Gasteiger partial charge in [-0.2, -0.15) is 0 Å². The van der Waals surface area contributed by atoms with E-state index in [0.29, 0.717) is 31.2 Å².